The minimum atomic E-state index is -0.0337. The molecule has 2 unspecified atom stereocenters. The molecule has 0 aromatic heterocycles. The first-order chi connectivity index (χ1) is 9.07. The fourth-order valence-corrected chi connectivity index (χ4v) is 2.35. The zero-order valence-electron chi connectivity index (χ0n) is 11.9. The quantitative estimate of drug-likeness (QED) is 0.858. The summed E-state index contributed by atoms with van der Waals surface area (Å²) in [5, 5.41) is 13.6. The molecule has 0 bridgehead atoms. The summed E-state index contributed by atoms with van der Waals surface area (Å²) in [4.78, 5) is 0. The molecule has 4 heteroatoms. The van der Waals surface area contributed by atoms with Gasteiger partial charge in [0, 0.05) is 24.3 Å². The summed E-state index contributed by atoms with van der Waals surface area (Å²) < 4.78 is 11.0. The van der Waals surface area contributed by atoms with Gasteiger partial charge in [-0.1, -0.05) is 12.1 Å². The van der Waals surface area contributed by atoms with Crippen LogP contribution in [0.4, 0.5) is 0 Å². The summed E-state index contributed by atoms with van der Waals surface area (Å²) in [7, 11) is 0. The highest BCUT2D eigenvalue weighted by atomic mass is 16.5. The Morgan fingerprint density at radius 2 is 2.32 bits per heavy atom. The molecule has 1 heterocycles. The lowest BCUT2D eigenvalue weighted by molar-refractivity contribution is 0.0880. The Hall–Kier alpha value is -1.26. The van der Waals surface area contributed by atoms with Crippen LogP contribution in [-0.2, 0) is 11.3 Å². The molecule has 2 rings (SSSR count). The normalized spacial score (nSPS) is 26.6. The number of benzene rings is 1. The SMILES string of the molecule is CCOc1cccc(CNC2(C)CCOC2C)c1O. The van der Waals surface area contributed by atoms with E-state index in [9.17, 15) is 5.11 Å². The number of phenolic OH excluding ortho intramolecular Hbond substituents is 1. The molecule has 1 saturated heterocycles. The Morgan fingerprint density at radius 1 is 1.53 bits per heavy atom. The maximum absolute atomic E-state index is 10.1. The summed E-state index contributed by atoms with van der Waals surface area (Å²) in [6.07, 6.45) is 1.17. The van der Waals surface area contributed by atoms with Crippen molar-refractivity contribution in [2.75, 3.05) is 13.2 Å². The second-order valence-electron chi connectivity index (χ2n) is 5.23. The Kier molecular flexibility index (Phi) is 4.32. The molecule has 1 fully saturated rings. The van der Waals surface area contributed by atoms with Crippen LogP contribution in [0.3, 0.4) is 0 Å². The highest BCUT2D eigenvalue weighted by Gasteiger charge is 2.36. The van der Waals surface area contributed by atoms with Gasteiger partial charge >= 0.3 is 0 Å². The zero-order valence-corrected chi connectivity index (χ0v) is 11.9. The molecule has 19 heavy (non-hydrogen) atoms. The molecule has 0 amide bonds. The van der Waals surface area contributed by atoms with Crippen molar-refractivity contribution >= 4 is 0 Å². The number of aromatic hydroxyl groups is 1. The second-order valence-corrected chi connectivity index (χ2v) is 5.23. The van der Waals surface area contributed by atoms with Crippen molar-refractivity contribution in [1.29, 1.82) is 0 Å². The van der Waals surface area contributed by atoms with Gasteiger partial charge in [0.15, 0.2) is 11.5 Å². The number of rotatable bonds is 5. The van der Waals surface area contributed by atoms with Crippen molar-refractivity contribution in [2.24, 2.45) is 0 Å². The molecule has 106 valence electrons. The summed E-state index contributed by atoms with van der Waals surface area (Å²) >= 11 is 0. The predicted molar refractivity (Wildman–Crippen MR) is 74.6 cm³/mol. The molecule has 1 aliphatic heterocycles. The molecule has 0 radical (unpaired) electrons. The summed E-state index contributed by atoms with van der Waals surface area (Å²) in [6, 6.07) is 5.60. The highest BCUT2D eigenvalue weighted by Crippen LogP contribution is 2.31. The van der Waals surface area contributed by atoms with Crippen LogP contribution in [0.1, 0.15) is 32.8 Å². The zero-order chi connectivity index (χ0) is 13.9. The van der Waals surface area contributed by atoms with Gasteiger partial charge < -0.3 is 19.9 Å². The van der Waals surface area contributed by atoms with E-state index >= 15 is 0 Å². The van der Waals surface area contributed by atoms with Crippen molar-refractivity contribution in [3.63, 3.8) is 0 Å². The Bertz CT molecular complexity index is 435. The van der Waals surface area contributed by atoms with Crippen LogP contribution in [-0.4, -0.2) is 30.0 Å². The maximum Gasteiger partial charge on any atom is 0.162 e. The van der Waals surface area contributed by atoms with Gasteiger partial charge in [-0.15, -0.1) is 0 Å². The van der Waals surface area contributed by atoms with Crippen molar-refractivity contribution in [3.05, 3.63) is 23.8 Å². The van der Waals surface area contributed by atoms with Gasteiger partial charge in [-0.2, -0.15) is 0 Å². The summed E-state index contributed by atoms with van der Waals surface area (Å²) in [6.45, 7) is 8.09. The first kappa shape index (κ1) is 14.2. The van der Waals surface area contributed by atoms with Crippen molar-refractivity contribution in [1.82, 2.24) is 5.32 Å². The lowest BCUT2D eigenvalue weighted by atomic mass is 9.94. The van der Waals surface area contributed by atoms with E-state index < -0.39 is 0 Å². The Balaban J connectivity index is 2.05. The third-order valence-electron chi connectivity index (χ3n) is 3.95. The van der Waals surface area contributed by atoms with E-state index in [2.05, 4.69) is 19.2 Å². The summed E-state index contributed by atoms with van der Waals surface area (Å²) in [5.74, 6) is 0.773. The maximum atomic E-state index is 10.1. The van der Waals surface area contributed by atoms with E-state index in [1.165, 1.54) is 0 Å². The molecule has 1 aromatic carbocycles. The van der Waals surface area contributed by atoms with Crippen LogP contribution in [0.5, 0.6) is 11.5 Å². The van der Waals surface area contributed by atoms with Crippen LogP contribution in [0, 0.1) is 0 Å². The Morgan fingerprint density at radius 3 is 2.95 bits per heavy atom. The van der Waals surface area contributed by atoms with Crippen LogP contribution in [0.15, 0.2) is 18.2 Å². The third-order valence-corrected chi connectivity index (χ3v) is 3.95. The van der Waals surface area contributed by atoms with Crippen molar-refractivity contribution in [2.45, 2.75) is 45.4 Å². The van der Waals surface area contributed by atoms with Crippen LogP contribution < -0.4 is 10.1 Å². The van der Waals surface area contributed by atoms with E-state index in [0.29, 0.717) is 18.9 Å². The van der Waals surface area contributed by atoms with Gasteiger partial charge in [-0.3, -0.25) is 0 Å². The van der Waals surface area contributed by atoms with Crippen LogP contribution in [0.25, 0.3) is 0 Å². The average molecular weight is 265 g/mol. The number of nitrogens with one attached hydrogen (secondary N) is 1. The molecule has 0 spiro atoms. The van der Waals surface area contributed by atoms with Gasteiger partial charge in [0.2, 0.25) is 0 Å². The summed E-state index contributed by atoms with van der Waals surface area (Å²) in [5.41, 5.74) is 0.819. The molecule has 1 aromatic rings. The minimum absolute atomic E-state index is 0.0337. The van der Waals surface area contributed by atoms with Gasteiger partial charge in [0.1, 0.15) is 0 Å². The molecule has 0 aliphatic carbocycles. The van der Waals surface area contributed by atoms with Crippen LogP contribution >= 0.6 is 0 Å². The lowest BCUT2D eigenvalue weighted by Gasteiger charge is -2.29. The van der Waals surface area contributed by atoms with E-state index in [4.69, 9.17) is 9.47 Å². The molecular formula is C15H23NO3. The van der Waals surface area contributed by atoms with E-state index in [1.807, 2.05) is 19.1 Å². The van der Waals surface area contributed by atoms with Gasteiger partial charge in [0.05, 0.1) is 12.7 Å². The minimum Gasteiger partial charge on any atom is -0.504 e. The van der Waals surface area contributed by atoms with Crippen molar-refractivity contribution < 1.29 is 14.6 Å². The van der Waals surface area contributed by atoms with Gasteiger partial charge in [-0.25, -0.2) is 0 Å². The molecule has 4 nitrogen and oxygen atoms in total. The number of hydrogen-bond donors (Lipinski definition) is 2. The fourth-order valence-electron chi connectivity index (χ4n) is 2.35. The molecular weight excluding hydrogens is 242 g/mol. The van der Waals surface area contributed by atoms with E-state index in [-0.39, 0.29) is 17.4 Å². The first-order valence-corrected chi connectivity index (χ1v) is 6.87. The van der Waals surface area contributed by atoms with Crippen LogP contribution in [0.2, 0.25) is 0 Å². The highest BCUT2D eigenvalue weighted by molar-refractivity contribution is 5.45. The molecule has 2 N–H and O–H groups in total. The predicted octanol–water partition coefficient (Wildman–Crippen LogP) is 2.45. The number of ether oxygens (including phenoxy) is 2. The van der Waals surface area contributed by atoms with E-state index in [0.717, 1.165) is 18.6 Å². The number of para-hydroxylation sites is 1. The number of phenols is 1. The first-order valence-electron chi connectivity index (χ1n) is 6.87. The second kappa shape index (κ2) is 5.80. The van der Waals surface area contributed by atoms with Crippen molar-refractivity contribution in [3.8, 4) is 11.5 Å². The largest absolute Gasteiger partial charge is 0.504 e. The third kappa shape index (κ3) is 3.01. The average Bonchev–Trinajstić information content (AvgIpc) is 2.71. The lowest BCUT2D eigenvalue weighted by Crippen LogP contribution is -2.47. The molecule has 1 aliphatic rings. The van der Waals surface area contributed by atoms with Gasteiger partial charge in [-0.05, 0) is 33.3 Å². The topological polar surface area (TPSA) is 50.7 Å². The Labute approximate surface area is 114 Å². The standard InChI is InChI=1S/C15H23NO3/c1-4-18-13-7-5-6-12(14(13)17)10-16-15(3)8-9-19-11(15)2/h5-7,11,16-17H,4,8-10H2,1-3H3. The number of hydrogen-bond acceptors (Lipinski definition) is 4. The van der Waals surface area contributed by atoms with E-state index in [1.54, 1.807) is 6.07 Å². The molecule has 2 atom stereocenters. The monoisotopic (exact) mass is 265 g/mol. The smallest absolute Gasteiger partial charge is 0.162 e. The van der Waals surface area contributed by atoms with Gasteiger partial charge in [0.25, 0.3) is 0 Å². The fraction of sp³-hybridized carbons (Fsp3) is 0.600. The molecule has 0 saturated carbocycles.